The van der Waals surface area contributed by atoms with E-state index in [1.807, 2.05) is 0 Å². The maximum Gasteiger partial charge on any atom is 0.350 e. The molecule has 5 aromatic rings. The van der Waals surface area contributed by atoms with Crippen LogP contribution >= 0.6 is 0 Å². The van der Waals surface area contributed by atoms with E-state index in [0.29, 0.717) is 22.3 Å². The summed E-state index contributed by atoms with van der Waals surface area (Å²) in [5.74, 6) is -4.67. The van der Waals surface area contributed by atoms with Crippen molar-refractivity contribution in [3.8, 4) is 11.1 Å². The zero-order valence-electron chi connectivity index (χ0n) is 18.6. The molecule has 0 radical (unpaired) electrons. The highest BCUT2D eigenvalue weighted by molar-refractivity contribution is 5.93. The predicted octanol–water partition coefficient (Wildman–Crippen LogP) is 3.03. The molecule has 0 aliphatic heterocycles. The number of nitrogens with two attached hydrogens (primary N) is 1. The third-order valence-corrected chi connectivity index (χ3v) is 6.03. The fourth-order valence-electron chi connectivity index (χ4n) is 3.90. The summed E-state index contributed by atoms with van der Waals surface area (Å²) in [5, 5.41) is 14.3. The summed E-state index contributed by atoms with van der Waals surface area (Å²) in [4.78, 5) is 27.5. The van der Waals surface area contributed by atoms with Crippen molar-refractivity contribution >= 4 is 28.9 Å². The summed E-state index contributed by atoms with van der Waals surface area (Å²) < 4.78 is 33.7. The van der Waals surface area contributed by atoms with Gasteiger partial charge in [0.25, 0.3) is 0 Å². The molecule has 1 aliphatic rings. The van der Waals surface area contributed by atoms with Gasteiger partial charge in [-0.05, 0) is 60.4 Å². The number of amides is 2. The quantitative estimate of drug-likeness (QED) is 0.378. The summed E-state index contributed by atoms with van der Waals surface area (Å²) in [5.41, 5.74) is 6.93. The zero-order valence-corrected chi connectivity index (χ0v) is 18.6. The Morgan fingerprint density at radius 3 is 2.39 bits per heavy atom. The molecule has 3 N–H and O–H groups in total. The minimum absolute atomic E-state index is 0.0186. The smallest absolute Gasteiger partial charge is 0.350 e. The van der Waals surface area contributed by atoms with Crippen LogP contribution < -0.4 is 11.1 Å². The minimum atomic E-state index is -3.59. The van der Waals surface area contributed by atoms with E-state index in [-0.39, 0.29) is 23.3 Å². The van der Waals surface area contributed by atoms with Crippen LogP contribution in [0.3, 0.4) is 0 Å². The molecule has 10 nitrogen and oxygen atoms in total. The first kappa shape index (κ1) is 21.8. The van der Waals surface area contributed by atoms with Gasteiger partial charge >= 0.3 is 5.92 Å². The number of carbonyl (C=O) groups excluding carboxylic acids is 2. The van der Waals surface area contributed by atoms with Gasteiger partial charge in [-0.3, -0.25) is 14.0 Å². The Bertz CT molecular complexity index is 1650. The topological polar surface area (TPSA) is 133 Å². The molecule has 1 aliphatic carbocycles. The monoisotopic (exact) mass is 488 g/mol. The minimum Gasteiger partial charge on any atom is -0.366 e. The molecule has 4 heterocycles. The third-order valence-electron chi connectivity index (χ3n) is 6.03. The van der Waals surface area contributed by atoms with E-state index in [9.17, 15) is 9.59 Å². The first-order valence-electron chi connectivity index (χ1n) is 11.1. The molecule has 0 unspecified atom stereocenters. The molecule has 36 heavy (non-hydrogen) atoms. The van der Waals surface area contributed by atoms with Crippen LogP contribution in [-0.4, -0.2) is 41.0 Å². The van der Waals surface area contributed by atoms with Gasteiger partial charge in [-0.15, -0.1) is 10.2 Å². The summed E-state index contributed by atoms with van der Waals surface area (Å²) in [6.45, 7) is 0. The van der Waals surface area contributed by atoms with Gasteiger partial charge in [0.15, 0.2) is 17.1 Å². The van der Waals surface area contributed by atoms with Crippen molar-refractivity contribution in [3.63, 3.8) is 0 Å². The van der Waals surface area contributed by atoms with Crippen LogP contribution in [0.4, 0.5) is 14.6 Å². The van der Waals surface area contributed by atoms with Crippen molar-refractivity contribution in [1.29, 1.82) is 0 Å². The van der Waals surface area contributed by atoms with Crippen LogP contribution in [0, 0.1) is 5.92 Å². The number of halogens is 2. The maximum absolute atomic E-state index is 15.6. The maximum atomic E-state index is 15.6. The zero-order chi connectivity index (χ0) is 25.0. The number of imidazole rings is 1. The first-order chi connectivity index (χ1) is 17.3. The Labute approximate surface area is 201 Å². The molecule has 0 spiro atoms. The second kappa shape index (κ2) is 7.90. The Kier molecular flexibility index (Phi) is 4.78. The van der Waals surface area contributed by atoms with Crippen molar-refractivity contribution in [1.82, 2.24) is 29.2 Å². The number of hydrogen-bond acceptors (Lipinski definition) is 6. The van der Waals surface area contributed by atoms with E-state index in [1.165, 1.54) is 33.4 Å². The Morgan fingerprint density at radius 2 is 1.67 bits per heavy atom. The largest absolute Gasteiger partial charge is 0.366 e. The molecule has 180 valence electrons. The summed E-state index contributed by atoms with van der Waals surface area (Å²) in [7, 11) is 0. The van der Waals surface area contributed by atoms with E-state index >= 15 is 8.78 Å². The number of benzene rings is 1. The van der Waals surface area contributed by atoms with Crippen molar-refractivity contribution < 1.29 is 18.4 Å². The van der Waals surface area contributed by atoms with Gasteiger partial charge < -0.3 is 11.1 Å². The molecule has 1 saturated carbocycles. The number of fused-ring (bicyclic) bond motifs is 2. The van der Waals surface area contributed by atoms with Crippen molar-refractivity contribution in [2.75, 3.05) is 5.32 Å². The molecule has 0 bridgehead atoms. The molecule has 12 heteroatoms. The highest BCUT2D eigenvalue weighted by Crippen LogP contribution is 2.34. The molecule has 2 amide bonds. The number of rotatable bonds is 6. The first-order valence-corrected chi connectivity index (χ1v) is 11.1. The second-order valence-electron chi connectivity index (χ2n) is 8.60. The molecule has 6 rings (SSSR count). The van der Waals surface area contributed by atoms with Crippen molar-refractivity contribution in [2.24, 2.45) is 11.7 Å². The highest BCUT2D eigenvalue weighted by atomic mass is 19.3. The number of hydrogen-bond donors (Lipinski definition) is 2. The number of alkyl halides is 2. The van der Waals surface area contributed by atoms with Gasteiger partial charge in [0, 0.05) is 17.7 Å². The van der Waals surface area contributed by atoms with Crippen LogP contribution in [-0.2, 0) is 10.7 Å². The number of anilines is 1. The molecule has 1 fully saturated rings. The second-order valence-corrected chi connectivity index (χ2v) is 8.60. The van der Waals surface area contributed by atoms with Crippen LogP contribution in [0.2, 0.25) is 0 Å². The lowest BCUT2D eigenvalue weighted by Crippen LogP contribution is -2.22. The fourth-order valence-corrected chi connectivity index (χ4v) is 3.90. The molecule has 0 saturated heterocycles. The molecular formula is C24H18F2N8O2. The summed E-state index contributed by atoms with van der Waals surface area (Å²) >= 11 is 0. The van der Waals surface area contributed by atoms with Gasteiger partial charge in [0.1, 0.15) is 5.69 Å². The van der Waals surface area contributed by atoms with Gasteiger partial charge in [0.2, 0.25) is 17.6 Å². The summed E-state index contributed by atoms with van der Waals surface area (Å²) in [6.07, 6.45) is 4.56. The van der Waals surface area contributed by atoms with Gasteiger partial charge in [0.05, 0.1) is 6.20 Å². The number of pyridine rings is 1. The van der Waals surface area contributed by atoms with E-state index in [1.54, 1.807) is 36.4 Å². The Morgan fingerprint density at radius 1 is 0.944 bits per heavy atom. The molecular weight excluding hydrogens is 470 g/mol. The van der Waals surface area contributed by atoms with E-state index < -0.39 is 23.3 Å². The van der Waals surface area contributed by atoms with Crippen molar-refractivity contribution in [3.05, 3.63) is 78.0 Å². The van der Waals surface area contributed by atoms with Crippen molar-refractivity contribution in [2.45, 2.75) is 18.8 Å². The average Bonchev–Trinajstić information content (AvgIpc) is 3.51. The molecule has 4 aromatic heterocycles. The lowest BCUT2D eigenvalue weighted by atomic mass is 10.1. The SMILES string of the molecule is NC(=O)c1ccc(-c2ccc3nnc(C(F)(F)c4ccc5nc(NC(=O)C6CC6)cn5n4)n3c2)cc1. The van der Waals surface area contributed by atoms with Gasteiger partial charge in [-0.2, -0.15) is 13.9 Å². The van der Waals surface area contributed by atoms with Crippen LogP contribution in [0.1, 0.15) is 34.7 Å². The Hall–Kier alpha value is -4.74. The number of nitrogens with zero attached hydrogens (tertiary/aromatic N) is 6. The van der Waals surface area contributed by atoms with Crippen LogP contribution in [0.25, 0.3) is 22.4 Å². The average molecular weight is 488 g/mol. The number of carbonyl (C=O) groups is 2. The molecule has 0 atom stereocenters. The van der Waals surface area contributed by atoms with Gasteiger partial charge in [-0.25, -0.2) is 9.50 Å². The highest BCUT2D eigenvalue weighted by Gasteiger charge is 2.41. The van der Waals surface area contributed by atoms with E-state index in [0.717, 1.165) is 12.8 Å². The van der Waals surface area contributed by atoms with Crippen LogP contribution in [0.5, 0.6) is 0 Å². The predicted molar refractivity (Wildman–Crippen MR) is 124 cm³/mol. The summed E-state index contributed by atoms with van der Waals surface area (Å²) in [6, 6.07) is 12.4. The fraction of sp³-hybridized carbons (Fsp3) is 0.167. The third kappa shape index (κ3) is 3.72. The number of aromatic nitrogens is 6. The lowest BCUT2D eigenvalue weighted by molar-refractivity contribution is -0.117. The lowest BCUT2D eigenvalue weighted by Gasteiger charge is -2.14. The number of nitrogens with one attached hydrogen (secondary N) is 1. The van der Waals surface area contributed by atoms with Crippen LogP contribution in [0.15, 0.2) is 60.9 Å². The number of primary amides is 1. The molecule has 1 aromatic carbocycles. The van der Waals surface area contributed by atoms with Gasteiger partial charge in [-0.1, -0.05) is 12.1 Å². The Balaban J connectivity index is 1.35. The standard InChI is InChI=1S/C24H18F2N8O2/c25-24(26,17-8-10-19-28-18(12-34(19)32-17)29-22(36)15-5-6-15)23-31-30-20-9-7-16(11-33(20)23)13-1-3-14(4-2-13)21(27)35/h1-4,7-12,15H,5-6H2,(H2,27,35)(H,29,36). The van der Waals surface area contributed by atoms with E-state index in [4.69, 9.17) is 5.73 Å². The normalized spacial score (nSPS) is 13.8. The van der Waals surface area contributed by atoms with E-state index in [2.05, 4.69) is 25.6 Å².